The van der Waals surface area contributed by atoms with Crippen LogP contribution in [0.3, 0.4) is 0 Å². The number of rotatable bonds is 2. The number of carbonyl (C=O) groups excluding carboxylic acids is 1. The van der Waals surface area contributed by atoms with Crippen LogP contribution in [-0.2, 0) is 4.79 Å². The molecule has 1 rings (SSSR count). The Kier molecular flexibility index (Phi) is 2.53. The van der Waals surface area contributed by atoms with Crippen molar-refractivity contribution >= 4 is 5.91 Å². The molecular formula is C9H17NO. The maximum atomic E-state index is 11.4. The highest BCUT2D eigenvalue weighted by Gasteiger charge is 2.32. The van der Waals surface area contributed by atoms with Gasteiger partial charge in [0.1, 0.15) is 0 Å². The predicted molar refractivity (Wildman–Crippen MR) is 45.2 cm³/mol. The molecule has 1 aliphatic rings. The van der Waals surface area contributed by atoms with Crippen molar-refractivity contribution < 1.29 is 4.79 Å². The van der Waals surface area contributed by atoms with Gasteiger partial charge in [-0.2, -0.15) is 0 Å². The highest BCUT2D eigenvalue weighted by molar-refractivity contribution is 5.80. The predicted octanol–water partition coefficient (Wildman–Crippen LogP) is 1.51. The highest BCUT2D eigenvalue weighted by Crippen LogP contribution is 2.26. The quantitative estimate of drug-likeness (QED) is 0.592. The van der Waals surface area contributed by atoms with Gasteiger partial charge < -0.3 is 4.90 Å². The average molecular weight is 155 g/mol. The molecular weight excluding hydrogens is 138 g/mol. The fourth-order valence-corrected chi connectivity index (χ4v) is 1.66. The molecule has 0 bridgehead atoms. The Morgan fingerprint density at radius 1 is 1.73 bits per heavy atom. The summed E-state index contributed by atoms with van der Waals surface area (Å²) in [5.41, 5.74) is 0. The van der Waals surface area contributed by atoms with Gasteiger partial charge in [-0.15, -0.1) is 0 Å². The molecule has 11 heavy (non-hydrogen) atoms. The van der Waals surface area contributed by atoms with Gasteiger partial charge in [-0.05, 0) is 12.3 Å². The first-order valence-electron chi connectivity index (χ1n) is 4.41. The molecule has 1 saturated heterocycles. The second kappa shape index (κ2) is 3.24. The summed E-state index contributed by atoms with van der Waals surface area (Å²) in [6.07, 6.45) is 2.18. The van der Waals surface area contributed by atoms with Gasteiger partial charge in [0, 0.05) is 19.5 Å². The van der Waals surface area contributed by atoms with Crippen molar-refractivity contribution in [3.63, 3.8) is 0 Å². The van der Waals surface area contributed by atoms with E-state index in [-0.39, 0.29) is 0 Å². The summed E-state index contributed by atoms with van der Waals surface area (Å²) in [6.45, 7) is 5.27. The van der Waals surface area contributed by atoms with Crippen LogP contribution in [0.25, 0.3) is 0 Å². The van der Waals surface area contributed by atoms with Crippen LogP contribution in [0.5, 0.6) is 0 Å². The van der Waals surface area contributed by atoms with Crippen molar-refractivity contribution in [3.05, 3.63) is 0 Å². The van der Waals surface area contributed by atoms with Gasteiger partial charge in [-0.3, -0.25) is 4.79 Å². The summed E-state index contributed by atoms with van der Waals surface area (Å²) in [4.78, 5) is 13.3. The summed E-state index contributed by atoms with van der Waals surface area (Å²) in [6, 6.07) is 0. The minimum atomic E-state index is 0.310. The summed E-state index contributed by atoms with van der Waals surface area (Å²) < 4.78 is 0. The van der Waals surface area contributed by atoms with Crippen LogP contribution in [-0.4, -0.2) is 24.4 Å². The van der Waals surface area contributed by atoms with Gasteiger partial charge in [-0.1, -0.05) is 20.3 Å². The topological polar surface area (TPSA) is 20.3 Å². The number of carbonyl (C=O) groups is 1. The first kappa shape index (κ1) is 8.57. The van der Waals surface area contributed by atoms with Crippen molar-refractivity contribution in [2.75, 3.05) is 13.6 Å². The number of hydrogen-bond acceptors (Lipinski definition) is 1. The van der Waals surface area contributed by atoms with Gasteiger partial charge >= 0.3 is 0 Å². The zero-order chi connectivity index (χ0) is 8.43. The van der Waals surface area contributed by atoms with Gasteiger partial charge in [0.2, 0.25) is 5.91 Å². The maximum absolute atomic E-state index is 11.4. The Morgan fingerprint density at radius 3 is 2.73 bits per heavy atom. The molecule has 0 aliphatic carbocycles. The summed E-state index contributed by atoms with van der Waals surface area (Å²) >= 11 is 0. The van der Waals surface area contributed by atoms with E-state index in [1.807, 2.05) is 11.9 Å². The lowest BCUT2D eigenvalue weighted by atomic mass is 9.91. The zero-order valence-corrected chi connectivity index (χ0v) is 7.63. The number of nitrogens with zero attached hydrogens (tertiary/aromatic N) is 1. The third-order valence-corrected chi connectivity index (χ3v) is 2.80. The third kappa shape index (κ3) is 1.55. The standard InChI is InChI=1S/C9H17NO/c1-4-7(2)8-5-6-10(3)9(8)11/h7-8H,4-6H2,1-3H3. The molecule has 0 N–H and O–H groups in total. The molecule has 1 aliphatic heterocycles. The van der Waals surface area contributed by atoms with Crippen LogP contribution in [0.4, 0.5) is 0 Å². The molecule has 1 fully saturated rings. The van der Waals surface area contributed by atoms with Gasteiger partial charge in [0.05, 0.1) is 0 Å². The SMILES string of the molecule is CCC(C)C1CCN(C)C1=O. The normalized spacial score (nSPS) is 27.7. The Bertz CT molecular complexity index is 156. The van der Waals surface area contributed by atoms with Gasteiger partial charge in [0.15, 0.2) is 0 Å². The summed E-state index contributed by atoms with van der Waals surface area (Å²) in [5, 5.41) is 0. The van der Waals surface area contributed by atoms with E-state index in [1.165, 1.54) is 0 Å². The van der Waals surface area contributed by atoms with Gasteiger partial charge in [-0.25, -0.2) is 0 Å². The molecule has 0 radical (unpaired) electrons. The average Bonchev–Trinajstić information content (AvgIpc) is 2.32. The van der Waals surface area contributed by atoms with Crippen molar-refractivity contribution in [1.29, 1.82) is 0 Å². The Hall–Kier alpha value is -0.530. The fraction of sp³-hybridized carbons (Fsp3) is 0.889. The van der Waals surface area contributed by atoms with E-state index in [0.717, 1.165) is 19.4 Å². The number of amides is 1. The van der Waals surface area contributed by atoms with Crippen LogP contribution < -0.4 is 0 Å². The van der Waals surface area contributed by atoms with E-state index >= 15 is 0 Å². The smallest absolute Gasteiger partial charge is 0.225 e. The van der Waals surface area contributed by atoms with Crippen molar-refractivity contribution in [2.45, 2.75) is 26.7 Å². The molecule has 2 heteroatoms. The lowest BCUT2D eigenvalue weighted by Crippen LogP contribution is -2.25. The largest absolute Gasteiger partial charge is 0.345 e. The van der Waals surface area contributed by atoms with E-state index in [0.29, 0.717) is 17.7 Å². The molecule has 2 nitrogen and oxygen atoms in total. The highest BCUT2D eigenvalue weighted by atomic mass is 16.2. The van der Waals surface area contributed by atoms with Crippen LogP contribution in [0.1, 0.15) is 26.7 Å². The first-order valence-corrected chi connectivity index (χ1v) is 4.41. The summed E-state index contributed by atoms with van der Waals surface area (Å²) in [7, 11) is 1.89. The van der Waals surface area contributed by atoms with Crippen LogP contribution >= 0.6 is 0 Å². The Labute approximate surface area is 68.6 Å². The summed E-state index contributed by atoms with van der Waals surface area (Å²) in [5.74, 6) is 1.22. The minimum Gasteiger partial charge on any atom is -0.345 e. The second-order valence-electron chi connectivity index (χ2n) is 3.54. The molecule has 0 spiro atoms. The Morgan fingerprint density at radius 2 is 2.36 bits per heavy atom. The first-order chi connectivity index (χ1) is 5.16. The number of likely N-dealkylation sites (tertiary alicyclic amines) is 1. The molecule has 64 valence electrons. The monoisotopic (exact) mass is 155 g/mol. The molecule has 0 saturated carbocycles. The van der Waals surface area contributed by atoms with E-state index in [1.54, 1.807) is 0 Å². The molecule has 2 atom stereocenters. The van der Waals surface area contributed by atoms with Crippen LogP contribution in [0, 0.1) is 11.8 Å². The van der Waals surface area contributed by atoms with Crippen LogP contribution in [0.2, 0.25) is 0 Å². The Balaban J connectivity index is 2.54. The molecule has 1 amide bonds. The third-order valence-electron chi connectivity index (χ3n) is 2.80. The van der Waals surface area contributed by atoms with E-state index in [2.05, 4.69) is 13.8 Å². The number of hydrogen-bond donors (Lipinski definition) is 0. The lowest BCUT2D eigenvalue weighted by molar-refractivity contribution is -0.131. The molecule has 0 aromatic carbocycles. The van der Waals surface area contributed by atoms with Crippen molar-refractivity contribution in [1.82, 2.24) is 4.90 Å². The van der Waals surface area contributed by atoms with E-state index < -0.39 is 0 Å². The zero-order valence-electron chi connectivity index (χ0n) is 7.63. The van der Waals surface area contributed by atoms with Gasteiger partial charge in [0.25, 0.3) is 0 Å². The van der Waals surface area contributed by atoms with Crippen molar-refractivity contribution in [3.8, 4) is 0 Å². The van der Waals surface area contributed by atoms with E-state index in [4.69, 9.17) is 0 Å². The van der Waals surface area contributed by atoms with Crippen molar-refractivity contribution in [2.24, 2.45) is 11.8 Å². The molecule has 2 unspecified atom stereocenters. The molecule has 1 heterocycles. The maximum Gasteiger partial charge on any atom is 0.225 e. The lowest BCUT2D eigenvalue weighted by Gasteiger charge is -2.15. The minimum absolute atomic E-state index is 0.310. The van der Waals surface area contributed by atoms with E-state index in [9.17, 15) is 4.79 Å². The molecule has 0 aromatic rings. The molecule has 0 aromatic heterocycles. The second-order valence-corrected chi connectivity index (χ2v) is 3.54. The fourth-order valence-electron chi connectivity index (χ4n) is 1.66. The van der Waals surface area contributed by atoms with Crippen LogP contribution in [0.15, 0.2) is 0 Å².